The van der Waals surface area contributed by atoms with Gasteiger partial charge in [-0.1, -0.05) is 0 Å². The minimum Gasteiger partial charge on any atom is -0.488 e. The minimum absolute atomic E-state index is 0.118. The number of methoxy groups -OCH3 is 1. The largest absolute Gasteiger partial charge is 0.488 e. The van der Waals surface area contributed by atoms with E-state index in [0.717, 1.165) is 24.7 Å². The van der Waals surface area contributed by atoms with E-state index >= 15 is 0 Å². The van der Waals surface area contributed by atoms with Crippen LogP contribution in [0, 0.1) is 5.41 Å². The molecule has 1 aromatic carbocycles. The first-order chi connectivity index (χ1) is 14.5. The van der Waals surface area contributed by atoms with Gasteiger partial charge in [0, 0.05) is 31.0 Å². The van der Waals surface area contributed by atoms with Crippen LogP contribution in [0.1, 0.15) is 24.0 Å². The predicted octanol–water partition coefficient (Wildman–Crippen LogP) is 1.50. The molecular formula is C20H24N8O2. The molecule has 0 spiro atoms. The minimum atomic E-state index is -0.118. The van der Waals surface area contributed by atoms with Crippen LogP contribution in [-0.4, -0.2) is 56.8 Å². The Hall–Kier alpha value is -3.53. The molecule has 0 amide bonds. The maximum Gasteiger partial charge on any atom is 0.146 e. The fraction of sp³-hybridized carbons (Fsp3) is 0.350. The molecule has 0 aliphatic carbocycles. The summed E-state index contributed by atoms with van der Waals surface area (Å²) in [7, 11) is 1.63. The predicted molar refractivity (Wildman–Crippen MR) is 112 cm³/mol. The van der Waals surface area contributed by atoms with Crippen molar-refractivity contribution >= 4 is 17.2 Å². The van der Waals surface area contributed by atoms with Crippen LogP contribution in [0.4, 0.5) is 11.5 Å². The Bertz CT molecular complexity index is 1050. The SMILES string of the molecule is COCC(C)Oc1ccc(N)c(C(=N)c2cc(N3CCn4ncnc4C3)ncn2)c1. The number of hydrogen-bond donors (Lipinski definition) is 2. The normalized spacial score (nSPS) is 14.3. The number of nitrogens with two attached hydrogens (primary N) is 1. The van der Waals surface area contributed by atoms with Crippen molar-refractivity contribution in [3.8, 4) is 5.75 Å². The molecule has 0 saturated carbocycles. The Morgan fingerprint density at radius 2 is 2.07 bits per heavy atom. The van der Waals surface area contributed by atoms with E-state index in [1.165, 1.54) is 6.33 Å². The summed E-state index contributed by atoms with van der Waals surface area (Å²) in [5.74, 6) is 2.24. The fourth-order valence-corrected chi connectivity index (χ4v) is 3.38. The van der Waals surface area contributed by atoms with E-state index in [2.05, 4.69) is 25.0 Å². The van der Waals surface area contributed by atoms with Crippen molar-refractivity contribution in [2.45, 2.75) is 26.1 Å². The third-order valence-corrected chi connectivity index (χ3v) is 4.88. The Labute approximate surface area is 174 Å². The molecule has 1 aliphatic heterocycles. The molecule has 3 aromatic rings. The molecule has 0 radical (unpaired) electrons. The molecule has 1 unspecified atom stereocenters. The van der Waals surface area contributed by atoms with Gasteiger partial charge in [-0.15, -0.1) is 0 Å². The molecule has 3 heterocycles. The second-order valence-electron chi connectivity index (χ2n) is 7.09. The van der Waals surface area contributed by atoms with E-state index in [0.29, 0.717) is 35.8 Å². The summed E-state index contributed by atoms with van der Waals surface area (Å²) < 4.78 is 12.8. The van der Waals surface area contributed by atoms with Crippen LogP contribution in [0.3, 0.4) is 0 Å². The monoisotopic (exact) mass is 408 g/mol. The highest BCUT2D eigenvalue weighted by Gasteiger charge is 2.20. The van der Waals surface area contributed by atoms with Gasteiger partial charge in [-0.05, 0) is 25.1 Å². The zero-order valence-corrected chi connectivity index (χ0v) is 16.9. The first-order valence-corrected chi connectivity index (χ1v) is 9.63. The lowest BCUT2D eigenvalue weighted by Gasteiger charge is -2.27. The van der Waals surface area contributed by atoms with E-state index in [9.17, 15) is 0 Å². The van der Waals surface area contributed by atoms with Crippen molar-refractivity contribution in [3.05, 3.63) is 54.0 Å². The third-order valence-electron chi connectivity index (χ3n) is 4.88. The average molecular weight is 408 g/mol. The molecule has 3 N–H and O–H groups in total. The highest BCUT2D eigenvalue weighted by Crippen LogP contribution is 2.24. The zero-order valence-electron chi connectivity index (χ0n) is 16.9. The fourth-order valence-electron chi connectivity index (χ4n) is 3.38. The molecule has 156 valence electrons. The van der Waals surface area contributed by atoms with Gasteiger partial charge in [-0.25, -0.2) is 19.6 Å². The molecule has 0 saturated heterocycles. The number of nitrogens with zero attached hydrogens (tertiary/aromatic N) is 6. The number of nitrogen functional groups attached to an aromatic ring is 1. The molecule has 0 fully saturated rings. The van der Waals surface area contributed by atoms with Gasteiger partial charge in [-0.3, -0.25) is 5.41 Å². The molecule has 0 bridgehead atoms. The quantitative estimate of drug-likeness (QED) is 0.445. The van der Waals surface area contributed by atoms with E-state index in [1.807, 2.05) is 11.6 Å². The second-order valence-corrected chi connectivity index (χ2v) is 7.09. The van der Waals surface area contributed by atoms with Gasteiger partial charge >= 0.3 is 0 Å². The van der Waals surface area contributed by atoms with Crippen molar-refractivity contribution in [2.75, 3.05) is 30.9 Å². The van der Waals surface area contributed by atoms with E-state index in [1.54, 1.807) is 37.7 Å². The maximum atomic E-state index is 8.68. The Morgan fingerprint density at radius 3 is 2.90 bits per heavy atom. The van der Waals surface area contributed by atoms with Crippen molar-refractivity contribution in [1.82, 2.24) is 24.7 Å². The van der Waals surface area contributed by atoms with Crippen molar-refractivity contribution in [3.63, 3.8) is 0 Å². The number of benzene rings is 1. The zero-order chi connectivity index (χ0) is 21.1. The number of rotatable bonds is 7. The van der Waals surface area contributed by atoms with Crippen LogP contribution in [0.25, 0.3) is 0 Å². The molecule has 10 nitrogen and oxygen atoms in total. The topological polar surface area (TPSA) is 128 Å². The van der Waals surface area contributed by atoms with Crippen LogP contribution in [0.2, 0.25) is 0 Å². The lowest BCUT2D eigenvalue weighted by atomic mass is 10.0. The summed E-state index contributed by atoms with van der Waals surface area (Å²) in [5, 5.41) is 12.9. The summed E-state index contributed by atoms with van der Waals surface area (Å²) in [6, 6.07) is 7.08. The maximum absolute atomic E-state index is 8.68. The van der Waals surface area contributed by atoms with E-state index in [-0.39, 0.29) is 11.8 Å². The van der Waals surface area contributed by atoms with Crippen molar-refractivity contribution < 1.29 is 9.47 Å². The van der Waals surface area contributed by atoms with Crippen LogP contribution >= 0.6 is 0 Å². The van der Waals surface area contributed by atoms with Crippen LogP contribution < -0.4 is 15.4 Å². The number of nitrogens with one attached hydrogen (secondary N) is 1. The number of ether oxygens (including phenoxy) is 2. The average Bonchev–Trinajstić information content (AvgIpc) is 3.23. The molecule has 30 heavy (non-hydrogen) atoms. The van der Waals surface area contributed by atoms with Gasteiger partial charge in [0.2, 0.25) is 0 Å². The Kier molecular flexibility index (Phi) is 5.57. The molecular weight excluding hydrogens is 384 g/mol. The van der Waals surface area contributed by atoms with Gasteiger partial charge in [0.1, 0.15) is 36.2 Å². The summed E-state index contributed by atoms with van der Waals surface area (Å²) in [5.41, 5.74) is 7.88. The molecule has 10 heteroatoms. The van der Waals surface area contributed by atoms with E-state index < -0.39 is 0 Å². The van der Waals surface area contributed by atoms with Gasteiger partial charge in [0.05, 0.1) is 31.1 Å². The number of fused-ring (bicyclic) bond motifs is 1. The number of anilines is 2. The van der Waals surface area contributed by atoms with Crippen LogP contribution in [0.5, 0.6) is 5.75 Å². The summed E-state index contributed by atoms with van der Waals surface area (Å²) in [6.45, 7) is 4.48. The molecule has 1 aliphatic rings. The lowest BCUT2D eigenvalue weighted by Crippen LogP contribution is -2.35. The molecule has 4 rings (SSSR count). The van der Waals surface area contributed by atoms with Crippen molar-refractivity contribution in [2.24, 2.45) is 0 Å². The van der Waals surface area contributed by atoms with Gasteiger partial charge in [0.25, 0.3) is 0 Å². The lowest BCUT2D eigenvalue weighted by molar-refractivity contribution is 0.0921. The highest BCUT2D eigenvalue weighted by atomic mass is 16.5. The Balaban J connectivity index is 1.56. The third kappa shape index (κ3) is 4.08. The summed E-state index contributed by atoms with van der Waals surface area (Å²) in [4.78, 5) is 15.1. The standard InChI is InChI=1S/C20H24N8O2/c1-13(10-29-2)30-14-3-4-16(21)15(7-14)20(22)17-8-18(24-11-23-17)27-5-6-28-19(9-27)25-12-26-28/h3-4,7-8,11-13,22H,5-6,9-10,21H2,1-2H3. The highest BCUT2D eigenvalue weighted by molar-refractivity contribution is 6.13. The second kappa shape index (κ2) is 8.46. The molecule has 1 atom stereocenters. The molecule has 2 aromatic heterocycles. The summed E-state index contributed by atoms with van der Waals surface area (Å²) >= 11 is 0. The Morgan fingerprint density at radius 1 is 1.20 bits per heavy atom. The first kappa shape index (κ1) is 19.8. The van der Waals surface area contributed by atoms with Crippen LogP contribution in [-0.2, 0) is 17.8 Å². The first-order valence-electron chi connectivity index (χ1n) is 9.63. The summed E-state index contributed by atoms with van der Waals surface area (Å²) in [6.07, 6.45) is 2.91. The van der Waals surface area contributed by atoms with Crippen LogP contribution in [0.15, 0.2) is 36.9 Å². The number of aromatic nitrogens is 5. The number of hydrogen-bond acceptors (Lipinski definition) is 9. The van der Waals surface area contributed by atoms with E-state index in [4.69, 9.17) is 20.6 Å². The van der Waals surface area contributed by atoms with Crippen molar-refractivity contribution in [1.29, 1.82) is 5.41 Å². The van der Waals surface area contributed by atoms with Gasteiger partial charge in [0.15, 0.2) is 0 Å². The van der Waals surface area contributed by atoms with Gasteiger partial charge < -0.3 is 20.1 Å². The van der Waals surface area contributed by atoms with Gasteiger partial charge in [-0.2, -0.15) is 5.10 Å². The smallest absolute Gasteiger partial charge is 0.146 e.